The minimum atomic E-state index is 0.576. The van der Waals surface area contributed by atoms with Gasteiger partial charge in [-0.1, -0.05) is 18.2 Å². The molecule has 0 spiro atoms. The van der Waals surface area contributed by atoms with Gasteiger partial charge in [-0.05, 0) is 32.0 Å². The van der Waals surface area contributed by atoms with E-state index in [2.05, 4.69) is 22.5 Å². The Bertz CT molecular complexity index is 594. The molecule has 2 N–H and O–H groups in total. The van der Waals surface area contributed by atoms with Crippen LogP contribution >= 0.6 is 0 Å². The van der Waals surface area contributed by atoms with Gasteiger partial charge in [-0.3, -0.25) is 0 Å². The number of nitrogens with zero attached hydrogens (tertiary/aromatic N) is 1. The second kappa shape index (κ2) is 9.56. The fraction of sp³-hybridized carbons (Fsp3) is 0.389. The molecule has 2 aromatic rings. The molecule has 0 saturated heterocycles. The Kier molecular flexibility index (Phi) is 7.04. The van der Waals surface area contributed by atoms with Gasteiger partial charge in [0.15, 0.2) is 5.96 Å². The highest BCUT2D eigenvalue weighted by atomic mass is 16.5. The van der Waals surface area contributed by atoms with Crippen molar-refractivity contribution in [3.8, 4) is 5.75 Å². The van der Waals surface area contributed by atoms with E-state index in [4.69, 9.17) is 9.15 Å². The number of rotatable bonds is 8. The van der Waals surface area contributed by atoms with Crippen LogP contribution in [0.3, 0.4) is 0 Å². The van der Waals surface area contributed by atoms with Crippen molar-refractivity contribution >= 4 is 5.96 Å². The molecule has 5 nitrogen and oxygen atoms in total. The van der Waals surface area contributed by atoms with Crippen molar-refractivity contribution in [3.05, 3.63) is 54.0 Å². The molecule has 0 fully saturated rings. The highest BCUT2D eigenvalue weighted by Gasteiger charge is 2.03. The summed E-state index contributed by atoms with van der Waals surface area (Å²) in [7, 11) is 0. The maximum atomic E-state index is 5.64. The molecule has 0 saturated carbocycles. The van der Waals surface area contributed by atoms with Crippen LogP contribution in [0.15, 0.2) is 52.1 Å². The Balaban J connectivity index is 1.92. The van der Waals surface area contributed by atoms with Gasteiger partial charge in [-0.15, -0.1) is 0 Å². The minimum absolute atomic E-state index is 0.576. The van der Waals surface area contributed by atoms with Gasteiger partial charge in [0, 0.05) is 25.1 Å². The van der Waals surface area contributed by atoms with E-state index >= 15 is 0 Å². The summed E-state index contributed by atoms with van der Waals surface area (Å²) >= 11 is 0. The lowest BCUT2D eigenvalue weighted by molar-refractivity contribution is 0.336. The van der Waals surface area contributed by atoms with Crippen molar-refractivity contribution in [2.24, 2.45) is 4.99 Å². The summed E-state index contributed by atoms with van der Waals surface area (Å²) in [6.45, 7) is 6.86. The number of nitrogens with one attached hydrogen (secondary N) is 2. The summed E-state index contributed by atoms with van der Waals surface area (Å²) in [5, 5.41) is 6.57. The zero-order valence-electron chi connectivity index (χ0n) is 13.8. The number of benzene rings is 1. The average Bonchev–Trinajstić information content (AvgIpc) is 3.07. The SMILES string of the molecule is CCNC(=NCc1ccccc1OCC)NCCc1ccco1. The van der Waals surface area contributed by atoms with Crippen LogP contribution in [-0.4, -0.2) is 25.7 Å². The quantitative estimate of drug-likeness (QED) is 0.581. The average molecular weight is 315 g/mol. The lowest BCUT2D eigenvalue weighted by Gasteiger charge is -2.12. The van der Waals surface area contributed by atoms with Gasteiger partial charge in [0.05, 0.1) is 19.4 Å². The van der Waals surface area contributed by atoms with E-state index in [1.807, 2.05) is 43.3 Å². The zero-order chi connectivity index (χ0) is 16.3. The molecule has 0 aliphatic carbocycles. The fourth-order valence-corrected chi connectivity index (χ4v) is 2.20. The van der Waals surface area contributed by atoms with Gasteiger partial charge < -0.3 is 19.8 Å². The van der Waals surface area contributed by atoms with Crippen LogP contribution in [-0.2, 0) is 13.0 Å². The third-order valence-corrected chi connectivity index (χ3v) is 3.27. The molecule has 0 bridgehead atoms. The van der Waals surface area contributed by atoms with Crippen LogP contribution in [0.4, 0.5) is 0 Å². The van der Waals surface area contributed by atoms with Crippen LogP contribution in [0.5, 0.6) is 5.75 Å². The van der Waals surface area contributed by atoms with E-state index in [0.29, 0.717) is 13.2 Å². The molecule has 124 valence electrons. The van der Waals surface area contributed by atoms with Crippen molar-refractivity contribution in [1.82, 2.24) is 10.6 Å². The van der Waals surface area contributed by atoms with Crippen LogP contribution < -0.4 is 15.4 Å². The van der Waals surface area contributed by atoms with Crippen LogP contribution in [0, 0.1) is 0 Å². The molecule has 2 rings (SSSR count). The van der Waals surface area contributed by atoms with Crippen molar-refractivity contribution in [3.63, 3.8) is 0 Å². The largest absolute Gasteiger partial charge is 0.494 e. The van der Waals surface area contributed by atoms with Crippen LogP contribution in [0.1, 0.15) is 25.2 Å². The fourth-order valence-electron chi connectivity index (χ4n) is 2.20. The molecule has 1 aromatic carbocycles. The minimum Gasteiger partial charge on any atom is -0.494 e. The standard InChI is InChI=1S/C18H25N3O2/c1-3-19-18(20-12-11-16-9-7-13-23-16)21-14-15-8-5-6-10-17(15)22-4-2/h5-10,13H,3-4,11-12,14H2,1-2H3,(H2,19,20,21). The predicted octanol–water partition coefficient (Wildman–Crippen LogP) is 2.98. The maximum Gasteiger partial charge on any atom is 0.191 e. The summed E-state index contributed by atoms with van der Waals surface area (Å²) in [6.07, 6.45) is 2.52. The van der Waals surface area contributed by atoms with Crippen molar-refractivity contribution in [2.45, 2.75) is 26.8 Å². The number of hydrogen-bond acceptors (Lipinski definition) is 3. The molecule has 1 heterocycles. The van der Waals surface area contributed by atoms with Gasteiger partial charge in [-0.25, -0.2) is 4.99 Å². The summed E-state index contributed by atoms with van der Waals surface area (Å²) < 4.78 is 11.0. The molecule has 0 aliphatic heterocycles. The third kappa shape index (κ3) is 5.70. The lowest BCUT2D eigenvalue weighted by Crippen LogP contribution is -2.38. The predicted molar refractivity (Wildman–Crippen MR) is 92.8 cm³/mol. The molecule has 1 aromatic heterocycles. The Morgan fingerprint density at radius 1 is 1.13 bits per heavy atom. The van der Waals surface area contributed by atoms with Gasteiger partial charge in [0.25, 0.3) is 0 Å². The summed E-state index contributed by atoms with van der Waals surface area (Å²) in [5.74, 6) is 2.66. The summed E-state index contributed by atoms with van der Waals surface area (Å²) in [6, 6.07) is 11.9. The number of hydrogen-bond donors (Lipinski definition) is 2. The summed E-state index contributed by atoms with van der Waals surface area (Å²) in [5.41, 5.74) is 1.08. The van der Waals surface area contributed by atoms with E-state index in [1.165, 1.54) is 0 Å². The maximum absolute atomic E-state index is 5.64. The first kappa shape index (κ1) is 16.9. The molecule has 0 aliphatic rings. The lowest BCUT2D eigenvalue weighted by atomic mass is 10.2. The Morgan fingerprint density at radius 2 is 2.00 bits per heavy atom. The van der Waals surface area contributed by atoms with Crippen molar-refractivity contribution in [1.29, 1.82) is 0 Å². The van der Waals surface area contributed by atoms with Crippen molar-refractivity contribution < 1.29 is 9.15 Å². The first-order valence-corrected chi connectivity index (χ1v) is 8.08. The second-order valence-electron chi connectivity index (χ2n) is 4.99. The molecule has 0 amide bonds. The summed E-state index contributed by atoms with van der Waals surface area (Å²) in [4.78, 5) is 4.63. The van der Waals surface area contributed by atoms with E-state index in [-0.39, 0.29) is 0 Å². The highest BCUT2D eigenvalue weighted by Crippen LogP contribution is 2.18. The first-order valence-electron chi connectivity index (χ1n) is 8.08. The van der Waals surface area contributed by atoms with E-state index in [9.17, 15) is 0 Å². The topological polar surface area (TPSA) is 58.8 Å². The number of ether oxygens (including phenoxy) is 1. The first-order chi connectivity index (χ1) is 11.3. The number of guanidine groups is 1. The molecule has 0 radical (unpaired) electrons. The zero-order valence-corrected chi connectivity index (χ0v) is 13.8. The molecular weight excluding hydrogens is 290 g/mol. The van der Waals surface area contributed by atoms with Gasteiger partial charge >= 0.3 is 0 Å². The molecule has 5 heteroatoms. The molecular formula is C18H25N3O2. The third-order valence-electron chi connectivity index (χ3n) is 3.27. The van der Waals surface area contributed by atoms with Crippen LogP contribution in [0.25, 0.3) is 0 Å². The highest BCUT2D eigenvalue weighted by molar-refractivity contribution is 5.79. The Labute approximate surface area is 137 Å². The second-order valence-corrected chi connectivity index (χ2v) is 4.99. The Morgan fingerprint density at radius 3 is 2.74 bits per heavy atom. The van der Waals surface area contributed by atoms with Gasteiger partial charge in [0.1, 0.15) is 11.5 Å². The Hall–Kier alpha value is -2.43. The van der Waals surface area contributed by atoms with Gasteiger partial charge in [0.2, 0.25) is 0 Å². The van der Waals surface area contributed by atoms with Crippen LogP contribution in [0.2, 0.25) is 0 Å². The molecule has 23 heavy (non-hydrogen) atoms. The van der Waals surface area contributed by atoms with E-state index < -0.39 is 0 Å². The van der Waals surface area contributed by atoms with Gasteiger partial charge in [-0.2, -0.15) is 0 Å². The normalized spacial score (nSPS) is 11.3. The number of para-hydroxylation sites is 1. The number of furan rings is 1. The smallest absolute Gasteiger partial charge is 0.191 e. The van der Waals surface area contributed by atoms with E-state index in [1.54, 1.807) is 6.26 Å². The molecule has 0 unspecified atom stereocenters. The molecule has 0 atom stereocenters. The monoisotopic (exact) mass is 315 g/mol. The number of aliphatic imine (C=N–C) groups is 1. The van der Waals surface area contributed by atoms with E-state index in [0.717, 1.165) is 42.5 Å². The van der Waals surface area contributed by atoms with Crippen molar-refractivity contribution in [2.75, 3.05) is 19.7 Å².